The number of methoxy groups -OCH3 is 1. The van der Waals surface area contributed by atoms with Gasteiger partial charge in [-0.05, 0) is 24.1 Å². The molecule has 0 aliphatic carbocycles. The summed E-state index contributed by atoms with van der Waals surface area (Å²) in [6, 6.07) is 5.95. The van der Waals surface area contributed by atoms with Gasteiger partial charge in [-0.3, -0.25) is 4.84 Å². The number of hydroxylamine groups is 1. The van der Waals surface area contributed by atoms with Crippen molar-refractivity contribution >= 4 is 11.6 Å². The number of aryl methyl sites for hydroxylation is 1. The Hall–Kier alpha value is -0.610. The van der Waals surface area contributed by atoms with Crippen LogP contribution in [0.15, 0.2) is 18.2 Å². The SMILES string of the molecule is COCCONCc1ccc(C)c(Cl)c1. The minimum atomic E-state index is 0.538. The van der Waals surface area contributed by atoms with Gasteiger partial charge in [0.1, 0.15) is 0 Å². The zero-order valence-corrected chi connectivity index (χ0v) is 9.80. The van der Waals surface area contributed by atoms with Crippen molar-refractivity contribution in [1.82, 2.24) is 5.48 Å². The highest BCUT2D eigenvalue weighted by molar-refractivity contribution is 6.31. The lowest BCUT2D eigenvalue weighted by atomic mass is 10.1. The van der Waals surface area contributed by atoms with E-state index >= 15 is 0 Å². The van der Waals surface area contributed by atoms with Gasteiger partial charge in [-0.15, -0.1) is 0 Å². The number of hydrogen-bond acceptors (Lipinski definition) is 3. The summed E-state index contributed by atoms with van der Waals surface area (Å²) in [6.07, 6.45) is 0. The number of ether oxygens (including phenoxy) is 1. The molecule has 1 rings (SSSR count). The van der Waals surface area contributed by atoms with Crippen molar-refractivity contribution in [2.45, 2.75) is 13.5 Å². The van der Waals surface area contributed by atoms with E-state index in [1.54, 1.807) is 7.11 Å². The number of benzene rings is 1. The van der Waals surface area contributed by atoms with Gasteiger partial charge >= 0.3 is 0 Å². The van der Waals surface area contributed by atoms with E-state index in [2.05, 4.69) is 5.48 Å². The summed E-state index contributed by atoms with van der Waals surface area (Å²) in [4.78, 5) is 5.13. The lowest BCUT2D eigenvalue weighted by Crippen LogP contribution is -2.17. The van der Waals surface area contributed by atoms with Gasteiger partial charge in [-0.2, -0.15) is 5.48 Å². The molecule has 1 N–H and O–H groups in total. The first-order chi connectivity index (χ1) is 7.24. The van der Waals surface area contributed by atoms with E-state index in [4.69, 9.17) is 21.2 Å². The molecule has 1 aromatic rings. The molecule has 0 fully saturated rings. The minimum Gasteiger partial charge on any atom is -0.382 e. The Labute approximate surface area is 95.3 Å². The normalized spacial score (nSPS) is 10.6. The van der Waals surface area contributed by atoms with Crippen LogP contribution in [0.2, 0.25) is 5.02 Å². The molecule has 0 aliphatic heterocycles. The highest BCUT2D eigenvalue weighted by atomic mass is 35.5. The van der Waals surface area contributed by atoms with Gasteiger partial charge in [0.25, 0.3) is 0 Å². The van der Waals surface area contributed by atoms with Crippen LogP contribution in [0.3, 0.4) is 0 Å². The van der Waals surface area contributed by atoms with Gasteiger partial charge in [0.15, 0.2) is 0 Å². The van der Waals surface area contributed by atoms with Gasteiger partial charge in [0.2, 0.25) is 0 Å². The van der Waals surface area contributed by atoms with E-state index in [0.29, 0.717) is 19.8 Å². The van der Waals surface area contributed by atoms with Crippen molar-refractivity contribution in [1.29, 1.82) is 0 Å². The second-order valence-corrected chi connectivity index (χ2v) is 3.65. The molecule has 0 spiro atoms. The third kappa shape index (κ3) is 4.62. The maximum absolute atomic E-state index is 5.99. The van der Waals surface area contributed by atoms with Crippen molar-refractivity contribution in [2.75, 3.05) is 20.3 Å². The lowest BCUT2D eigenvalue weighted by Gasteiger charge is -2.06. The molecule has 0 unspecified atom stereocenters. The van der Waals surface area contributed by atoms with E-state index in [9.17, 15) is 0 Å². The summed E-state index contributed by atoms with van der Waals surface area (Å²) in [7, 11) is 1.64. The predicted molar refractivity (Wildman–Crippen MR) is 60.9 cm³/mol. The molecule has 0 radical (unpaired) electrons. The molecule has 0 bridgehead atoms. The second-order valence-electron chi connectivity index (χ2n) is 3.25. The molecule has 1 aromatic carbocycles. The smallest absolute Gasteiger partial charge is 0.0916 e. The molecule has 3 nitrogen and oxygen atoms in total. The quantitative estimate of drug-likeness (QED) is 0.600. The number of hydrogen-bond donors (Lipinski definition) is 1. The monoisotopic (exact) mass is 229 g/mol. The Balaban J connectivity index is 2.28. The largest absolute Gasteiger partial charge is 0.382 e. The topological polar surface area (TPSA) is 30.5 Å². The van der Waals surface area contributed by atoms with Gasteiger partial charge in [0.05, 0.1) is 13.2 Å². The fraction of sp³-hybridized carbons (Fsp3) is 0.455. The first kappa shape index (κ1) is 12.5. The van der Waals surface area contributed by atoms with Crippen LogP contribution in [0.25, 0.3) is 0 Å². The highest BCUT2D eigenvalue weighted by Crippen LogP contribution is 2.16. The van der Waals surface area contributed by atoms with E-state index in [1.807, 2.05) is 25.1 Å². The summed E-state index contributed by atoms with van der Waals surface area (Å²) in [5, 5.41) is 0.784. The molecule has 0 atom stereocenters. The van der Waals surface area contributed by atoms with Crippen LogP contribution in [-0.2, 0) is 16.1 Å². The molecule has 0 aliphatic rings. The van der Waals surface area contributed by atoms with Crippen molar-refractivity contribution in [2.24, 2.45) is 0 Å². The van der Waals surface area contributed by atoms with Crippen LogP contribution >= 0.6 is 11.6 Å². The van der Waals surface area contributed by atoms with Gasteiger partial charge in [0, 0.05) is 18.7 Å². The lowest BCUT2D eigenvalue weighted by molar-refractivity contribution is 0.00346. The molecule has 0 heterocycles. The zero-order valence-electron chi connectivity index (χ0n) is 9.05. The van der Waals surface area contributed by atoms with E-state index in [0.717, 1.165) is 16.1 Å². The molecular formula is C11H16ClNO2. The van der Waals surface area contributed by atoms with Crippen LogP contribution in [0.1, 0.15) is 11.1 Å². The van der Waals surface area contributed by atoms with Gasteiger partial charge < -0.3 is 4.74 Å². The Bertz CT molecular complexity index is 305. The molecule has 0 amide bonds. The summed E-state index contributed by atoms with van der Waals surface area (Å²) in [5.74, 6) is 0. The average molecular weight is 230 g/mol. The maximum atomic E-state index is 5.99. The molecule has 15 heavy (non-hydrogen) atoms. The first-order valence-corrected chi connectivity index (χ1v) is 5.20. The molecule has 0 saturated carbocycles. The minimum absolute atomic E-state index is 0.538. The Kier molecular flexibility index (Phi) is 5.65. The Morgan fingerprint density at radius 2 is 2.13 bits per heavy atom. The molecule has 4 heteroatoms. The summed E-state index contributed by atoms with van der Waals surface area (Å²) in [6.45, 7) is 3.75. The van der Waals surface area contributed by atoms with E-state index < -0.39 is 0 Å². The molecular weight excluding hydrogens is 214 g/mol. The van der Waals surface area contributed by atoms with Crippen molar-refractivity contribution in [3.63, 3.8) is 0 Å². The number of rotatable bonds is 6. The zero-order chi connectivity index (χ0) is 11.1. The van der Waals surface area contributed by atoms with Crippen LogP contribution in [-0.4, -0.2) is 20.3 Å². The van der Waals surface area contributed by atoms with Crippen LogP contribution in [0, 0.1) is 6.92 Å². The Morgan fingerprint density at radius 3 is 2.80 bits per heavy atom. The third-order valence-corrected chi connectivity index (χ3v) is 2.41. The molecule has 0 saturated heterocycles. The number of halogens is 1. The van der Waals surface area contributed by atoms with Crippen LogP contribution in [0.5, 0.6) is 0 Å². The van der Waals surface area contributed by atoms with Gasteiger partial charge in [-0.25, -0.2) is 0 Å². The second kappa shape index (κ2) is 6.80. The summed E-state index contributed by atoms with van der Waals surface area (Å²) >= 11 is 5.99. The number of nitrogens with one attached hydrogen (secondary N) is 1. The average Bonchev–Trinajstić information content (AvgIpc) is 2.23. The maximum Gasteiger partial charge on any atom is 0.0916 e. The molecule has 0 aromatic heterocycles. The van der Waals surface area contributed by atoms with Gasteiger partial charge in [-0.1, -0.05) is 23.7 Å². The van der Waals surface area contributed by atoms with Crippen LogP contribution in [0.4, 0.5) is 0 Å². The fourth-order valence-electron chi connectivity index (χ4n) is 1.08. The summed E-state index contributed by atoms with van der Waals surface area (Å²) < 4.78 is 4.84. The van der Waals surface area contributed by atoms with Crippen molar-refractivity contribution < 1.29 is 9.57 Å². The third-order valence-electron chi connectivity index (χ3n) is 2.00. The van der Waals surface area contributed by atoms with E-state index in [1.165, 1.54) is 0 Å². The molecule has 84 valence electrons. The van der Waals surface area contributed by atoms with E-state index in [-0.39, 0.29) is 0 Å². The predicted octanol–water partition coefficient (Wildman–Crippen LogP) is 2.32. The highest BCUT2D eigenvalue weighted by Gasteiger charge is 1.97. The summed E-state index contributed by atoms with van der Waals surface area (Å²) in [5.41, 5.74) is 5.03. The van der Waals surface area contributed by atoms with Crippen molar-refractivity contribution in [3.05, 3.63) is 34.3 Å². The fourth-order valence-corrected chi connectivity index (χ4v) is 1.28. The van der Waals surface area contributed by atoms with Crippen LogP contribution < -0.4 is 5.48 Å². The van der Waals surface area contributed by atoms with Crippen molar-refractivity contribution in [3.8, 4) is 0 Å². The first-order valence-electron chi connectivity index (χ1n) is 4.82. The standard InChI is InChI=1S/C11H16ClNO2/c1-9-3-4-10(7-11(9)12)8-13-15-6-5-14-2/h3-4,7,13H,5-6,8H2,1-2H3. The Morgan fingerprint density at radius 1 is 1.33 bits per heavy atom.